The van der Waals surface area contributed by atoms with Crippen molar-refractivity contribution in [2.75, 3.05) is 12.4 Å². The predicted molar refractivity (Wildman–Crippen MR) is 63.7 cm³/mol. The lowest BCUT2D eigenvalue weighted by Crippen LogP contribution is -2.39. The van der Waals surface area contributed by atoms with Crippen LogP contribution < -0.4 is 5.32 Å². The van der Waals surface area contributed by atoms with Gasteiger partial charge in [-0.1, -0.05) is 11.6 Å². The SMILES string of the molecule is COC(C)(C)C(=O)Nc1c(C)ccnc1Cl. The van der Waals surface area contributed by atoms with Crippen molar-refractivity contribution in [3.05, 3.63) is 23.0 Å². The van der Waals surface area contributed by atoms with Crippen LogP contribution in [0.3, 0.4) is 0 Å². The van der Waals surface area contributed by atoms with Gasteiger partial charge < -0.3 is 10.1 Å². The summed E-state index contributed by atoms with van der Waals surface area (Å²) in [7, 11) is 1.48. The number of hydrogen-bond donors (Lipinski definition) is 1. The zero-order chi connectivity index (χ0) is 12.3. The van der Waals surface area contributed by atoms with Gasteiger partial charge in [-0.05, 0) is 32.4 Å². The van der Waals surface area contributed by atoms with Crippen molar-refractivity contribution in [3.8, 4) is 0 Å². The maximum Gasteiger partial charge on any atom is 0.256 e. The Bertz CT molecular complexity index is 385. The number of ether oxygens (including phenoxy) is 1. The monoisotopic (exact) mass is 242 g/mol. The molecular weight excluding hydrogens is 228 g/mol. The second-order valence-corrected chi connectivity index (χ2v) is 4.32. The van der Waals surface area contributed by atoms with Gasteiger partial charge in [-0.2, -0.15) is 0 Å². The Morgan fingerprint density at radius 3 is 2.69 bits per heavy atom. The van der Waals surface area contributed by atoms with Crippen LogP contribution >= 0.6 is 11.6 Å². The van der Waals surface area contributed by atoms with Gasteiger partial charge in [0.1, 0.15) is 5.60 Å². The van der Waals surface area contributed by atoms with E-state index in [9.17, 15) is 4.79 Å². The molecule has 0 aliphatic rings. The number of amides is 1. The number of halogens is 1. The molecule has 0 radical (unpaired) electrons. The van der Waals surface area contributed by atoms with Gasteiger partial charge in [-0.3, -0.25) is 4.79 Å². The van der Waals surface area contributed by atoms with Crippen LogP contribution in [-0.4, -0.2) is 23.6 Å². The minimum Gasteiger partial charge on any atom is -0.369 e. The highest BCUT2D eigenvalue weighted by atomic mass is 35.5. The molecule has 1 aromatic heterocycles. The van der Waals surface area contributed by atoms with E-state index in [-0.39, 0.29) is 11.1 Å². The van der Waals surface area contributed by atoms with E-state index in [4.69, 9.17) is 16.3 Å². The third-order valence-electron chi connectivity index (χ3n) is 2.41. The summed E-state index contributed by atoms with van der Waals surface area (Å²) in [5, 5.41) is 2.99. The maximum absolute atomic E-state index is 11.8. The van der Waals surface area contributed by atoms with Crippen LogP contribution in [0.15, 0.2) is 12.3 Å². The standard InChI is InChI=1S/C11H15ClN2O2/c1-7-5-6-13-9(12)8(7)14-10(15)11(2,3)16-4/h5-6H,1-4H3,(H,14,15). The smallest absolute Gasteiger partial charge is 0.256 e. The van der Waals surface area contributed by atoms with E-state index in [1.165, 1.54) is 7.11 Å². The third-order valence-corrected chi connectivity index (χ3v) is 2.70. The Morgan fingerprint density at radius 2 is 2.19 bits per heavy atom. The average molecular weight is 243 g/mol. The quantitative estimate of drug-likeness (QED) is 0.829. The van der Waals surface area contributed by atoms with Crippen LogP contribution in [0, 0.1) is 6.92 Å². The molecule has 0 bridgehead atoms. The van der Waals surface area contributed by atoms with E-state index >= 15 is 0 Å². The fourth-order valence-corrected chi connectivity index (χ4v) is 1.28. The lowest BCUT2D eigenvalue weighted by Gasteiger charge is -2.22. The Morgan fingerprint density at radius 1 is 1.56 bits per heavy atom. The van der Waals surface area contributed by atoms with Gasteiger partial charge in [-0.25, -0.2) is 4.98 Å². The first-order valence-corrected chi connectivity index (χ1v) is 5.24. The summed E-state index contributed by atoms with van der Waals surface area (Å²) in [6.07, 6.45) is 1.59. The summed E-state index contributed by atoms with van der Waals surface area (Å²) >= 11 is 5.90. The second-order valence-electron chi connectivity index (χ2n) is 3.96. The molecule has 16 heavy (non-hydrogen) atoms. The Hall–Kier alpha value is -1.13. The van der Waals surface area contributed by atoms with Crippen molar-refractivity contribution in [1.29, 1.82) is 0 Å². The number of aromatic nitrogens is 1. The summed E-state index contributed by atoms with van der Waals surface area (Å²) in [5.74, 6) is -0.256. The minimum absolute atomic E-state index is 0.256. The summed E-state index contributed by atoms with van der Waals surface area (Å²) in [6, 6.07) is 1.78. The lowest BCUT2D eigenvalue weighted by atomic mass is 10.1. The largest absolute Gasteiger partial charge is 0.369 e. The number of carbonyl (C=O) groups is 1. The summed E-state index contributed by atoms with van der Waals surface area (Å²) in [6.45, 7) is 5.22. The van der Waals surface area contributed by atoms with Crippen molar-refractivity contribution >= 4 is 23.2 Å². The molecule has 0 saturated carbocycles. The molecule has 1 N–H and O–H groups in total. The van der Waals surface area contributed by atoms with Crippen LogP contribution in [0.4, 0.5) is 5.69 Å². The van der Waals surface area contributed by atoms with E-state index in [0.29, 0.717) is 5.69 Å². The molecule has 5 heteroatoms. The Labute approximate surface area is 100.0 Å². The van der Waals surface area contributed by atoms with Crippen LogP contribution in [-0.2, 0) is 9.53 Å². The van der Waals surface area contributed by atoms with Crippen molar-refractivity contribution in [1.82, 2.24) is 4.98 Å². The second kappa shape index (κ2) is 4.80. The zero-order valence-electron chi connectivity index (χ0n) is 9.80. The van der Waals surface area contributed by atoms with Crippen LogP contribution in [0.2, 0.25) is 5.15 Å². The highest BCUT2D eigenvalue weighted by Gasteiger charge is 2.27. The predicted octanol–water partition coefficient (Wildman–Crippen LogP) is 2.41. The number of nitrogens with one attached hydrogen (secondary N) is 1. The molecule has 0 spiro atoms. The Balaban J connectivity index is 2.94. The summed E-state index contributed by atoms with van der Waals surface area (Å²) < 4.78 is 5.08. The van der Waals surface area contributed by atoms with Crippen molar-refractivity contribution in [3.63, 3.8) is 0 Å². The molecule has 4 nitrogen and oxygen atoms in total. The first kappa shape index (κ1) is 12.9. The van der Waals surface area contributed by atoms with E-state index in [2.05, 4.69) is 10.3 Å². The van der Waals surface area contributed by atoms with E-state index < -0.39 is 5.60 Å². The lowest BCUT2D eigenvalue weighted by molar-refractivity contribution is -0.133. The topological polar surface area (TPSA) is 51.2 Å². The third kappa shape index (κ3) is 2.71. The van der Waals surface area contributed by atoms with Gasteiger partial charge in [-0.15, -0.1) is 0 Å². The molecule has 88 valence electrons. The van der Waals surface area contributed by atoms with Gasteiger partial charge in [0.2, 0.25) is 0 Å². The molecule has 0 aliphatic heterocycles. The fraction of sp³-hybridized carbons (Fsp3) is 0.455. The van der Waals surface area contributed by atoms with E-state index in [1.54, 1.807) is 26.1 Å². The maximum atomic E-state index is 11.8. The molecule has 0 atom stereocenters. The number of carbonyl (C=O) groups excluding carboxylic acids is 1. The van der Waals surface area contributed by atoms with Crippen molar-refractivity contribution in [2.24, 2.45) is 0 Å². The van der Waals surface area contributed by atoms with Crippen LogP contribution in [0.1, 0.15) is 19.4 Å². The number of hydrogen-bond acceptors (Lipinski definition) is 3. The zero-order valence-corrected chi connectivity index (χ0v) is 10.6. The first-order chi connectivity index (χ1) is 7.38. The van der Waals surface area contributed by atoms with E-state index in [0.717, 1.165) is 5.56 Å². The number of anilines is 1. The Kier molecular flexibility index (Phi) is 3.88. The van der Waals surface area contributed by atoms with Gasteiger partial charge in [0.25, 0.3) is 5.91 Å². The molecule has 0 aliphatic carbocycles. The molecule has 0 saturated heterocycles. The molecule has 1 amide bonds. The minimum atomic E-state index is -0.897. The first-order valence-electron chi connectivity index (χ1n) is 4.86. The van der Waals surface area contributed by atoms with Crippen molar-refractivity contribution < 1.29 is 9.53 Å². The molecular formula is C11H15ClN2O2. The number of aryl methyl sites for hydroxylation is 1. The molecule has 0 fully saturated rings. The van der Waals surface area contributed by atoms with Gasteiger partial charge in [0.05, 0.1) is 5.69 Å². The molecule has 1 heterocycles. The molecule has 1 aromatic rings. The summed E-state index contributed by atoms with van der Waals surface area (Å²) in [5.41, 5.74) is 0.491. The molecule has 0 unspecified atom stereocenters. The fourth-order valence-electron chi connectivity index (χ4n) is 1.03. The number of nitrogens with zero attached hydrogens (tertiary/aromatic N) is 1. The number of pyridine rings is 1. The highest BCUT2D eigenvalue weighted by molar-refractivity contribution is 6.32. The molecule has 0 aromatic carbocycles. The van der Waals surface area contributed by atoms with Gasteiger partial charge >= 0.3 is 0 Å². The number of rotatable bonds is 3. The van der Waals surface area contributed by atoms with Crippen molar-refractivity contribution in [2.45, 2.75) is 26.4 Å². The van der Waals surface area contributed by atoms with Crippen LogP contribution in [0.5, 0.6) is 0 Å². The van der Waals surface area contributed by atoms with Gasteiger partial charge in [0.15, 0.2) is 5.15 Å². The van der Waals surface area contributed by atoms with Crippen LogP contribution in [0.25, 0.3) is 0 Å². The highest BCUT2D eigenvalue weighted by Crippen LogP contribution is 2.24. The average Bonchev–Trinajstić information content (AvgIpc) is 2.23. The van der Waals surface area contributed by atoms with Gasteiger partial charge in [0, 0.05) is 13.3 Å². The molecule has 1 rings (SSSR count). The number of methoxy groups -OCH3 is 1. The van der Waals surface area contributed by atoms with E-state index in [1.807, 2.05) is 6.92 Å². The normalized spacial score (nSPS) is 11.3. The summed E-state index contributed by atoms with van der Waals surface area (Å²) in [4.78, 5) is 15.8.